The summed E-state index contributed by atoms with van der Waals surface area (Å²) in [6.07, 6.45) is 6.48. The van der Waals surface area contributed by atoms with Gasteiger partial charge in [0.15, 0.2) is 0 Å². The number of hydrogen-bond acceptors (Lipinski definition) is 3. The Morgan fingerprint density at radius 2 is 1.62 bits per heavy atom. The van der Waals surface area contributed by atoms with Gasteiger partial charge in [0.2, 0.25) is 0 Å². The zero-order valence-electron chi connectivity index (χ0n) is 8.11. The van der Waals surface area contributed by atoms with Crippen molar-refractivity contribution in [2.24, 2.45) is 0 Å². The average Bonchev–Trinajstić information content (AvgIpc) is 2.13. The van der Waals surface area contributed by atoms with Crippen LogP contribution in [-0.2, 0) is 9.59 Å². The molecule has 0 aliphatic carbocycles. The maximum absolute atomic E-state index is 10.4. The van der Waals surface area contributed by atoms with Gasteiger partial charge < -0.3 is 9.59 Å². The molecule has 2 atom stereocenters. The predicted octanol–water partition coefficient (Wildman–Crippen LogP) is 1.02. The Kier molecular flexibility index (Phi) is 4.09. The Morgan fingerprint density at radius 1 is 1.15 bits per heavy atom. The molecule has 13 heavy (non-hydrogen) atoms. The molecule has 0 aromatic rings. The molecular weight excluding hydrogens is 166 g/mol. The van der Waals surface area contributed by atoms with E-state index in [2.05, 4.69) is 4.90 Å². The monoisotopic (exact) mass is 183 g/mol. The fourth-order valence-electron chi connectivity index (χ4n) is 2.08. The summed E-state index contributed by atoms with van der Waals surface area (Å²) >= 11 is 0. The number of rotatable bonds is 4. The fourth-order valence-corrected chi connectivity index (χ4v) is 2.08. The summed E-state index contributed by atoms with van der Waals surface area (Å²) in [7, 11) is 2.02. The Bertz CT molecular complexity index is 164. The van der Waals surface area contributed by atoms with Gasteiger partial charge in [0, 0.05) is 24.9 Å². The van der Waals surface area contributed by atoms with E-state index >= 15 is 0 Å². The number of nitrogens with zero attached hydrogens (tertiary/aromatic N) is 1. The summed E-state index contributed by atoms with van der Waals surface area (Å²) in [4.78, 5) is 23.0. The highest BCUT2D eigenvalue weighted by Crippen LogP contribution is 2.23. The first-order valence-electron chi connectivity index (χ1n) is 4.88. The maximum atomic E-state index is 10.4. The molecule has 0 saturated carbocycles. The summed E-state index contributed by atoms with van der Waals surface area (Å²) in [5, 5.41) is 0. The van der Waals surface area contributed by atoms with Crippen molar-refractivity contribution in [1.29, 1.82) is 0 Å². The summed E-state index contributed by atoms with van der Waals surface area (Å²) in [6, 6.07) is 0.715. The predicted molar refractivity (Wildman–Crippen MR) is 50.6 cm³/mol. The minimum absolute atomic E-state index is 0.358. The molecule has 0 aromatic heterocycles. The molecule has 3 heteroatoms. The standard InChI is InChI=1S/C10H17NO2/c1-11-9(5-7-12)3-2-4-10(11)6-8-13/h7-10H,2-6H2,1H3. The third-order valence-corrected chi connectivity index (χ3v) is 2.96. The number of carbonyl (C=O) groups is 2. The number of likely N-dealkylation sites (tertiary alicyclic amines) is 1. The van der Waals surface area contributed by atoms with Crippen molar-refractivity contribution in [3.05, 3.63) is 0 Å². The van der Waals surface area contributed by atoms with Crippen LogP contribution in [0.15, 0.2) is 0 Å². The Morgan fingerprint density at radius 3 is 2.00 bits per heavy atom. The van der Waals surface area contributed by atoms with Crippen LogP contribution in [0.2, 0.25) is 0 Å². The van der Waals surface area contributed by atoms with E-state index in [4.69, 9.17) is 0 Å². The lowest BCUT2D eigenvalue weighted by Gasteiger charge is -2.38. The normalized spacial score (nSPS) is 29.9. The molecule has 0 bridgehead atoms. The molecule has 1 saturated heterocycles. The highest BCUT2D eigenvalue weighted by Gasteiger charge is 2.26. The van der Waals surface area contributed by atoms with Crippen molar-refractivity contribution in [1.82, 2.24) is 4.90 Å². The van der Waals surface area contributed by atoms with Gasteiger partial charge in [-0.15, -0.1) is 0 Å². The molecule has 3 nitrogen and oxygen atoms in total. The number of hydrogen-bond donors (Lipinski definition) is 0. The van der Waals surface area contributed by atoms with E-state index in [0.29, 0.717) is 24.9 Å². The lowest BCUT2D eigenvalue weighted by Crippen LogP contribution is -2.44. The fraction of sp³-hybridized carbons (Fsp3) is 0.800. The topological polar surface area (TPSA) is 37.4 Å². The minimum atomic E-state index is 0.358. The van der Waals surface area contributed by atoms with Gasteiger partial charge in [0.05, 0.1) is 0 Å². The molecule has 1 aliphatic heterocycles. The second kappa shape index (κ2) is 5.12. The van der Waals surface area contributed by atoms with E-state index in [1.807, 2.05) is 7.05 Å². The van der Waals surface area contributed by atoms with Gasteiger partial charge in [-0.25, -0.2) is 0 Å². The molecule has 1 fully saturated rings. The highest BCUT2D eigenvalue weighted by atomic mass is 16.1. The summed E-state index contributed by atoms with van der Waals surface area (Å²) in [5.41, 5.74) is 0. The van der Waals surface area contributed by atoms with Crippen molar-refractivity contribution < 1.29 is 9.59 Å². The van der Waals surface area contributed by atoms with Crippen LogP contribution in [0.4, 0.5) is 0 Å². The number of aldehydes is 2. The number of piperidine rings is 1. The highest BCUT2D eigenvalue weighted by molar-refractivity contribution is 5.51. The van der Waals surface area contributed by atoms with E-state index in [1.165, 1.54) is 0 Å². The van der Waals surface area contributed by atoms with Gasteiger partial charge in [-0.1, -0.05) is 6.42 Å². The Balaban J connectivity index is 2.48. The zero-order valence-corrected chi connectivity index (χ0v) is 8.11. The van der Waals surface area contributed by atoms with Crippen molar-refractivity contribution in [2.75, 3.05) is 7.05 Å². The molecule has 2 unspecified atom stereocenters. The van der Waals surface area contributed by atoms with E-state index in [9.17, 15) is 9.59 Å². The molecule has 1 heterocycles. The van der Waals surface area contributed by atoms with Crippen molar-refractivity contribution in [3.63, 3.8) is 0 Å². The van der Waals surface area contributed by atoms with Gasteiger partial charge in [0.25, 0.3) is 0 Å². The van der Waals surface area contributed by atoms with Crippen LogP contribution in [0.5, 0.6) is 0 Å². The second-order valence-electron chi connectivity index (χ2n) is 3.71. The van der Waals surface area contributed by atoms with Crippen molar-refractivity contribution in [2.45, 2.75) is 44.2 Å². The zero-order chi connectivity index (χ0) is 9.68. The summed E-state index contributed by atoms with van der Waals surface area (Å²) < 4.78 is 0. The molecule has 1 rings (SSSR count). The third kappa shape index (κ3) is 2.62. The largest absolute Gasteiger partial charge is 0.303 e. The number of carbonyl (C=O) groups excluding carboxylic acids is 2. The lowest BCUT2D eigenvalue weighted by atomic mass is 9.93. The third-order valence-electron chi connectivity index (χ3n) is 2.96. The Labute approximate surface area is 79.1 Å². The van der Waals surface area contributed by atoms with Crippen LogP contribution >= 0.6 is 0 Å². The van der Waals surface area contributed by atoms with Crippen LogP contribution < -0.4 is 0 Å². The van der Waals surface area contributed by atoms with Gasteiger partial charge >= 0.3 is 0 Å². The van der Waals surface area contributed by atoms with Crippen molar-refractivity contribution in [3.8, 4) is 0 Å². The van der Waals surface area contributed by atoms with Crippen LogP contribution in [0.25, 0.3) is 0 Å². The lowest BCUT2D eigenvalue weighted by molar-refractivity contribution is -0.110. The smallest absolute Gasteiger partial charge is 0.121 e. The van der Waals surface area contributed by atoms with Crippen LogP contribution in [-0.4, -0.2) is 36.6 Å². The van der Waals surface area contributed by atoms with Gasteiger partial charge in [-0.2, -0.15) is 0 Å². The van der Waals surface area contributed by atoms with Crippen LogP contribution in [0, 0.1) is 0 Å². The molecule has 0 radical (unpaired) electrons. The van der Waals surface area contributed by atoms with E-state index in [-0.39, 0.29) is 0 Å². The van der Waals surface area contributed by atoms with E-state index in [0.717, 1.165) is 31.8 Å². The van der Waals surface area contributed by atoms with Gasteiger partial charge in [0.1, 0.15) is 12.6 Å². The maximum Gasteiger partial charge on any atom is 0.121 e. The Hall–Kier alpha value is -0.700. The van der Waals surface area contributed by atoms with Crippen molar-refractivity contribution >= 4 is 12.6 Å². The minimum Gasteiger partial charge on any atom is -0.303 e. The molecule has 0 spiro atoms. The second-order valence-corrected chi connectivity index (χ2v) is 3.71. The first-order chi connectivity index (χ1) is 6.29. The van der Waals surface area contributed by atoms with E-state index < -0.39 is 0 Å². The van der Waals surface area contributed by atoms with Gasteiger partial charge in [-0.3, -0.25) is 4.90 Å². The quantitative estimate of drug-likeness (QED) is 0.611. The first-order valence-corrected chi connectivity index (χ1v) is 4.88. The first kappa shape index (κ1) is 10.4. The van der Waals surface area contributed by atoms with Crippen LogP contribution in [0.1, 0.15) is 32.1 Å². The molecule has 0 aromatic carbocycles. The average molecular weight is 183 g/mol. The van der Waals surface area contributed by atoms with E-state index in [1.54, 1.807) is 0 Å². The molecule has 0 amide bonds. The molecule has 74 valence electrons. The molecule has 0 N–H and O–H groups in total. The molecule has 1 aliphatic rings. The summed E-state index contributed by atoms with van der Waals surface area (Å²) in [6.45, 7) is 0. The van der Waals surface area contributed by atoms with Crippen LogP contribution in [0.3, 0.4) is 0 Å². The molecular formula is C10H17NO2. The SMILES string of the molecule is CN1C(CC=O)CCCC1CC=O. The summed E-state index contributed by atoms with van der Waals surface area (Å²) in [5.74, 6) is 0. The van der Waals surface area contributed by atoms with Gasteiger partial charge in [-0.05, 0) is 19.9 Å².